The molecule has 3 rings (SSSR count). The molecule has 1 fully saturated rings. The summed E-state index contributed by atoms with van der Waals surface area (Å²) >= 11 is 0. The zero-order valence-corrected chi connectivity index (χ0v) is 20.2. The molecule has 1 saturated heterocycles. The van der Waals surface area contributed by atoms with E-state index in [-0.39, 0.29) is 41.9 Å². The van der Waals surface area contributed by atoms with Crippen molar-refractivity contribution >= 4 is 47.3 Å². The van der Waals surface area contributed by atoms with E-state index in [2.05, 4.69) is 25.4 Å². The number of hydrogen-bond donors (Lipinski definition) is 3. The lowest BCUT2D eigenvalue weighted by Crippen LogP contribution is -2.51. The quantitative estimate of drug-likeness (QED) is 0.308. The second kappa shape index (κ2) is 11.7. The highest BCUT2D eigenvalue weighted by atomic mass is 127. The van der Waals surface area contributed by atoms with Crippen molar-refractivity contribution in [2.75, 3.05) is 36.4 Å². The smallest absolute Gasteiger partial charge is 0.319 e. The summed E-state index contributed by atoms with van der Waals surface area (Å²) in [5.74, 6) is 0.295. The average Bonchev–Trinajstić information content (AvgIpc) is 2.73. The number of rotatable bonds is 5. The second-order valence-corrected chi connectivity index (χ2v) is 7.58. The molecule has 0 unspecified atom stereocenters. The first-order valence-electron chi connectivity index (χ1n) is 10.1. The maximum atomic E-state index is 13.1. The van der Waals surface area contributed by atoms with E-state index >= 15 is 0 Å². The van der Waals surface area contributed by atoms with E-state index in [9.17, 15) is 9.18 Å². The third-order valence-corrected chi connectivity index (χ3v) is 4.85. The Labute approximate surface area is 199 Å². The number of nitrogens with zero attached hydrogens (tertiary/aromatic N) is 3. The number of carbonyl (C=O) groups is 1. The van der Waals surface area contributed by atoms with Crippen molar-refractivity contribution in [3.8, 4) is 0 Å². The summed E-state index contributed by atoms with van der Waals surface area (Å²) in [7, 11) is 0. The lowest BCUT2D eigenvalue weighted by molar-refractivity contribution is 0.250. The number of carbonyl (C=O) groups excluding carboxylic acids is 1. The van der Waals surface area contributed by atoms with Crippen molar-refractivity contribution in [3.05, 3.63) is 59.9 Å². The van der Waals surface area contributed by atoms with Gasteiger partial charge in [0.25, 0.3) is 0 Å². The van der Waals surface area contributed by atoms with Gasteiger partial charge in [-0.1, -0.05) is 12.1 Å². The number of nitrogens with two attached hydrogens (primary N) is 1. The minimum absolute atomic E-state index is 0. The number of anilines is 2. The molecule has 31 heavy (non-hydrogen) atoms. The summed E-state index contributed by atoms with van der Waals surface area (Å²) in [6, 6.07) is 14.0. The molecule has 2 aromatic carbocycles. The van der Waals surface area contributed by atoms with E-state index in [0.717, 1.165) is 43.1 Å². The van der Waals surface area contributed by atoms with E-state index in [1.165, 1.54) is 12.1 Å². The van der Waals surface area contributed by atoms with Crippen molar-refractivity contribution in [1.29, 1.82) is 0 Å². The summed E-state index contributed by atoms with van der Waals surface area (Å²) in [6.07, 6.45) is 0. The Balaban J connectivity index is 0.00000341. The van der Waals surface area contributed by atoms with Crippen LogP contribution in [0.4, 0.5) is 20.6 Å². The highest BCUT2D eigenvalue weighted by molar-refractivity contribution is 14.0. The molecule has 0 radical (unpaired) electrons. The van der Waals surface area contributed by atoms with Crippen LogP contribution >= 0.6 is 24.0 Å². The standard InChI is InChI=1S/C22H29FN6O.HI/c1-16(2)26-22(30)27-19-7-3-17(4-8-19)15-25-21(24)29-13-11-28(12-14-29)20-9-5-18(23)6-10-20;/h3-10,16H,11-15H2,1-2H3,(H2,24,25)(H2,26,27,30);1H. The molecule has 1 aliphatic heterocycles. The van der Waals surface area contributed by atoms with Crippen LogP contribution in [-0.4, -0.2) is 49.1 Å². The molecule has 168 valence electrons. The summed E-state index contributed by atoms with van der Waals surface area (Å²) in [5, 5.41) is 5.58. The van der Waals surface area contributed by atoms with Crippen LogP contribution in [-0.2, 0) is 6.54 Å². The zero-order valence-electron chi connectivity index (χ0n) is 17.8. The molecule has 2 amide bonds. The minimum atomic E-state index is -0.226. The van der Waals surface area contributed by atoms with E-state index in [4.69, 9.17) is 5.73 Å². The first kappa shape index (κ1) is 24.7. The predicted molar refractivity (Wildman–Crippen MR) is 135 cm³/mol. The van der Waals surface area contributed by atoms with Crippen molar-refractivity contribution in [3.63, 3.8) is 0 Å². The van der Waals surface area contributed by atoms with Gasteiger partial charge in [0.15, 0.2) is 5.96 Å². The lowest BCUT2D eigenvalue weighted by Gasteiger charge is -2.36. The van der Waals surface area contributed by atoms with Gasteiger partial charge < -0.3 is 26.2 Å². The van der Waals surface area contributed by atoms with Crippen molar-refractivity contribution in [1.82, 2.24) is 10.2 Å². The van der Waals surface area contributed by atoms with Gasteiger partial charge in [0.1, 0.15) is 5.82 Å². The third kappa shape index (κ3) is 7.57. The number of aliphatic imine (C=N–C) groups is 1. The third-order valence-electron chi connectivity index (χ3n) is 4.85. The van der Waals surface area contributed by atoms with E-state index < -0.39 is 0 Å². The molecule has 9 heteroatoms. The number of nitrogens with one attached hydrogen (secondary N) is 2. The number of piperazine rings is 1. The molecule has 0 saturated carbocycles. The highest BCUT2D eigenvalue weighted by Gasteiger charge is 2.18. The maximum Gasteiger partial charge on any atom is 0.319 e. The fourth-order valence-electron chi connectivity index (χ4n) is 3.24. The Bertz CT molecular complexity index is 865. The number of hydrogen-bond acceptors (Lipinski definition) is 3. The van der Waals surface area contributed by atoms with E-state index in [1.807, 2.05) is 38.1 Å². The molecule has 4 N–H and O–H groups in total. The summed E-state index contributed by atoms with van der Waals surface area (Å²) in [5.41, 5.74) is 8.94. The van der Waals surface area contributed by atoms with Gasteiger partial charge >= 0.3 is 6.03 Å². The molecular weight excluding hydrogens is 510 g/mol. The van der Waals surface area contributed by atoms with Gasteiger partial charge in [-0.05, 0) is 55.8 Å². The van der Waals surface area contributed by atoms with Gasteiger partial charge in [-0.25, -0.2) is 14.2 Å². The lowest BCUT2D eigenvalue weighted by atomic mass is 10.2. The van der Waals surface area contributed by atoms with E-state index in [0.29, 0.717) is 12.5 Å². The summed E-state index contributed by atoms with van der Waals surface area (Å²) in [6.45, 7) is 7.44. The number of amides is 2. The van der Waals surface area contributed by atoms with E-state index in [1.54, 1.807) is 12.1 Å². The monoisotopic (exact) mass is 540 g/mol. The number of guanidine groups is 1. The van der Waals surface area contributed by atoms with Crippen molar-refractivity contribution in [2.24, 2.45) is 10.7 Å². The Morgan fingerprint density at radius 1 is 1.06 bits per heavy atom. The number of urea groups is 1. The molecular formula is C22H30FIN6O. The Morgan fingerprint density at radius 3 is 2.26 bits per heavy atom. The van der Waals surface area contributed by atoms with Crippen LogP contribution in [0.2, 0.25) is 0 Å². The van der Waals surface area contributed by atoms with Gasteiger partial charge in [-0.3, -0.25) is 0 Å². The Morgan fingerprint density at radius 2 is 1.68 bits per heavy atom. The van der Waals surface area contributed by atoms with Gasteiger partial charge in [0.2, 0.25) is 0 Å². The Kier molecular flexibility index (Phi) is 9.35. The normalized spacial score (nSPS) is 14.3. The largest absolute Gasteiger partial charge is 0.370 e. The van der Waals surface area contributed by atoms with Gasteiger partial charge in [-0.15, -0.1) is 24.0 Å². The molecule has 1 aliphatic rings. The summed E-state index contributed by atoms with van der Waals surface area (Å²) in [4.78, 5) is 20.5. The van der Waals surface area contributed by atoms with Gasteiger partial charge in [-0.2, -0.15) is 0 Å². The van der Waals surface area contributed by atoms with Crippen LogP contribution in [0.3, 0.4) is 0 Å². The molecule has 1 heterocycles. The average molecular weight is 540 g/mol. The van der Waals surface area contributed by atoms with Gasteiger partial charge in [0, 0.05) is 43.6 Å². The number of benzene rings is 2. The molecule has 0 bridgehead atoms. The Hall–Kier alpha value is -2.56. The van der Waals surface area contributed by atoms with Crippen LogP contribution in [0.1, 0.15) is 19.4 Å². The fraction of sp³-hybridized carbons (Fsp3) is 0.364. The molecule has 0 aliphatic carbocycles. The molecule has 7 nitrogen and oxygen atoms in total. The summed E-state index contributed by atoms with van der Waals surface area (Å²) < 4.78 is 13.1. The molecule has 0 atom stereocenters. The van der Waals surface area contributed by atoms with Crippen molar-refractivity contribution in [2.45, 2.75) is 26.4 Å². The van der Waals surface area contributed by atoms with Crippen LogP contribution in [0.25, 0.3) is 0 Å². The first-order valence-corrected chi connectivity index (χ1v) is 10.1. The van der Waals surface area contributed by atoms with Crippen molar-refractivity contribution < 1.29 is 9.18 Å². The number of halogens is 2. The fourth-order valence-corrected chi connectivity index (χ4v) is 3.24. The highest BCUT2D eigenvalue weighted by Crippen LogP contribution is 2.17. The van der Waals surface area contributed by atoms with Crippen LogP contribution in [0.5, 0.6) is 0 Å². The molecule has 2 aromatic rings. The van der Waals surface area contributed by atoms with Crippen LogP contribution < -0.4 is 21.3 Å². The minimum Gasteiger partial charge on any atom is -0.370 e. The molecule has 0 spiro atoms. The zero-order chi connectivity index (χ0) is 21.5. The first-order chi connectivity index (χ1) is 14.4. The molecule has 0 aromatic heterocycles. The SMILES string of the molecule is CC(C)NC(=O)Nc1ccc(CN=C(N)N2CCN(c3ccc(F)cc3)CC2)cc1.I. The maximum absolute atomic E-state index is 13.1. The van der Waals surface area contributed by atoms with Crippen LogP contribution in [0.15, 0.2) is 53.5 Å². The second-order valence-electron chi connectivity index (χ2n) is 7.58. The topological polar surface area (TPSA) is 86.0 Å². The van der Waals surface area contributed by atoms with Gasteiger partial charge in [0.05, 0.1) is 6.54 Å². The van der Waals surface area contributed by atoms with Crippen LogP contribution in [0, 0.1) is 5.82 Å². The predicted octanol–water partition coefficient (Wildman–Crippen LogP) is 3.61.